The molecule has 1 saturated heterocycles. The zero-order valence-corrected chi connectivity index (χ0v) is 15.3. The fraction of sp³-hybridized carbons (Fsp3) is 0.429. The van der Waals surface area contributed by atoms with E-state index in [4.69, 9.17) is 4.98 Å². The third-order valence-corrected chi connectivity index (χ3v) is 5.82. The largest absolute Gasteiger partial charge is 0.372 e. The van der Waals surface area contributed by atoms with Crippen molar-refractivity contribution in [3.05, 3.63) is 59.8 Å². The van der Waals surface area contributed by atoms with E-state index in [1.165, 1.54) is 49.2 Å². The van der Waals surface area contributed by atoms with Gasteiger partial charge in [-0.05, 0) is 49.6 Å². The first kappa shape index (κ1) is 15.8. The summed E-state index contributed by atoms with van der Waals surface area (Å²) in [6.45, 7) is 4.39. The molecule has 1 unspecified atom stereocenters. The monoisotopic (exact) mass is 347 g/mol. The molecule has 0 N–H and O–H groups in total. The molecule has 3 aromatic rings. The molecular weight excluding hydrogens is 322 g/mol. The van der Waals surface area contributed by atoms with Gasteiger partial charge in [-0.3, -0.25) is 4.40 Å². The van der Waals surface area contributed by atoms with Crippen molar-refractivity contribution in [1.82, 2.24) is 19.3 Å². The SMILES string of the molecule is CN1Cc2cc(N3CCCCC3)ccc2C(c2cc3nccn3cn2)C1. The molecule has 2 aromatic heterocycles. The summed E-state index contributed by atoms with van der Waals surface area (Å²) in [5, 5.41) is 0. The number of nitrogens with zero attached hydrogens (tertiary/aromatic N) is 5. The maximum absolute atomic E-state index is 4.73. The van der Waals surface area contributed by atoms with Gasteiger partial charge in [0.15, 0.2) is 0 Å². The number of hydrogen-bond donors (Lipinski definition) is 0. The Morgan fingerprint density at radius 3 is 2.81 bits per heavy atom. The molecule has 0 spiro atoms. The third-order valence-electron chi connectivity index (χ3n) is 5.82. The van der Waals surface area contributed by atoms with Crippen LogP contribution in [0.4, 0.5) is 5.69 Å². The summed E-state index contributed by atoms with van der Waals surface area (Å²) in [4.78, 5) is 14.1. The van der Waals surface area contributed by atoms with E-state index in [-0.39, 0.29) is 0 Å². The second-order valence-corrected chi connectivity index (χ2v) is 7.69. The van der Waals surface area contributed by atoms with Gasteiger partial charge in [0.25, 0.3) is 0 Å². The molecule has 5 nitrogen and oxygen atoms in total. The van der Waals surface area contributed by atoms with E-state index in [0.717, 1.165) is 24.4 Å². The Kier molecular flexibility index (Phi) is 3.89. The van der Waals surface area contributed by atoms with Crippen molar-refractivity contribution in [2.45, 2.75) is 31.7 Å². The molecular formula is C21H25N5. The molecule has 26 heavy (non-hydrogen) atoms. The van der Waals surface area contributed by atoms with E-state index in [2.05, 4.69) is 46.1 Å². The fourth-order valence-electron chi connectivity index (χ4n) is 4.46. The number of fused-ring (bicyclic) bond motifs is 2. The number of rotatable bonds is 2. The van der Waals surface area contributed by atoms with Crippen molar-refractivity contribution in [2.75, 3.05) is 31.6 Å². The highest BCUT2D eigenvalue weighted by Crippen LogP contribution is 2.35. The third kappa shape index (κ3) is 2.76. The van der Waals surface area contributed by atoms with Gasteiger partial charge >= 0.3 is 0 Å². The van der Waals surface area contributed by atoms with Crippen LogP contribution >= 0.6 is 0 Å². The molecule has 2 aliphatic heterocycles. The minimum atomic E-state index is 0.306. The van der Waals surface area contributed by atoms with Crippen molar-refractivity contribution in [3.8, 4) is 0 Å². The number of benzene rings is 1. The quantitative estimate of drug-likeness (QED) is 0.713. The standard InChI is InChI=1S/C21H25N5/c1-24-13-16-11-17(25-8-3-2-4-9-25)5-6-18(16)19(14-24)20-12-21-22-7-10-26(21)15-23-20/h5-7,10-12,15,19H,2-4,8-9,13-14H2,1H3. The van der Waals surface area contributed by atoms with E-state index >= 15 is 0 Å². The van der Waals surface area contributed by atoms with E-state index in [1.54, 1.807) is 0 Å². The van der Waals surface area contributed by atoms with Gasteiger partial charge in [0.1, 0.15) is 12.0 Å². The molecule has 1 atom stereocenters. The molecule has 0 amide bonds. The first-order chi connectivity index (χ1) is 12.8. The van der Waals surface area contributed by atoms with Crippen molar-refractivity contribution >= 4 is 11.3 Å². The van der Waals surface area contributed by atoms with Crippen LogP contribution in [0, 0.1) is 0 Å². The van der Waals surface area contributed by atoms with Crippen LogP contribution in [0.5, 0.6) is 0 Å². The number of hydrogen-bond acceptors (Lipinski definition) is 4. The van der Waals surface area contributed by atoms with Gasteiger partial charge in [-0.15, -0.1) is 0 Å². The molecule has 5 rings (SSSR count). The summed E-state index contributed by atoms with van der Waals surface area (Å²) in [6, 6.07) is 9.20. The fourth-order valence-corrected chi connectivity index (χ4v) is 4.46. The summed E-state index contributed by atoms with van der Waals surface area (Å²) < 4.78 is 1.97. The van der Waals surface area contributed by atoms with Gasteiger partial charge in [0.2, 0.25) is 0 Å². The number of piperidine rings is 1. The molecule has 1 fully saturated rings. The Morgan fingerprint density at radius 1 is 1.04 bits per heavy atom. The van der Waals surface area contributed by atoms with Crippen LogP contribution in [0.15, 0.2) is 43.0 Å². The van der Waals surface area contributed by atoms with Gasteiger partial charge in [-0.25, -0.2) is 9.97 Å². The van der Waals surface area contributed by atoms with Gasteiger partial charge < -0.3 is 9.80 Å². The lowest BCUT2D eigenvalue weighted by atomic mass is 9.87. The van der Waals surface area contributed by atoms with Crippen LogP contribution in [-0.2, 0) is 6.54 Å². The second-order valence-electron chi connectivity index (χ2n) is 7.69. The predicted octanol–water partition coefficient (Wildman–Crippen LogP) is 3.30. The first-order valence-electron chi connectivity index (χ1n) is 9.63. The molecule has 134 valence electrons. The van der Waals surface area contributed by atoms with E-state index in [1.807, 2.05) is 23.1 Å². The number of anilines is 1. The van der Waals surface area contributed by atoms with Crippen LogP contribution in [-0.4, -0.2) is 46.0 Å². The molecule has 0 aliphatic carbocycles. The van der Waals surface area contributed by atoms with Crippen molar-refractivity contribution < 1.29 is 0 Å². The second kappa shape index (κ2) is 6.40. The Labute approximate surface area is 154 Å². The Morgan fingerprint density at radius 2 is 1.92 bits per heavy atom. The topological polar surface area (TPSA) is 36.7 Å². The van der Waals surface area contributed by atoms with Crippen LogP contribution < -0.4 is 4.90 Å². The van der Waals surface area contributed by atoms with E-state index in [0.29, 0.717) is 5.92 Å². The van der Waals surface area contributed by atoms with Gasteiger partial charge in [-0.2, -0.15) is 0 Å². The van der Waals surface area contributed by atoms with Crippen molar-refractivity contribution in [1.29, 1.82) is 0 Å². The average Bonchev–Trinajstić information content (AvgIpc) is 3.15. The number of aromatic nitrogens is 3. The summed E-state index contributed by atoms with van der Waals surface area (Å²) in [5.41, 5.74) is 6.33. The molecule has 0 bridgehead atoms. The van der Waals surface area contributed by atoms with Crippen LogP contribution in [0.3, 0.4) is 0 Å². The summed E-state index contributed by atoms with van der Waals surface area (Å²) in [6.07, 6.45) is 9.65. The van der Waals surface area contributed by atoms with E-state index < -0.39 is 0 Å². The predicted molar refractivity (Wildman–Crippen MR) is 104 cm³/mol. The molecule has 0 radical (unpaired) electrons. The zero-order valence-electron chi connectivity index (χ0n) is 15.3. The maximum atomic E-state index is 4.73. The van der Waals surface area contributed by atoms with Crippen molar-refractivity contribution in [2.24, 2.45) is 0 Å². The average molecular weight is 347 g/mol. The summed E-state index contributed by atoms with van der Waals surface area (Å²) in [5.74, 6) is 0.306. The van der Waals surface area contributed by atoms with Gasteiger partial charge in [0.05, 0.1) is 5.69 Å². The molecule has 0 saturated carbocycles. The lowest BCUT2D eigenvalue weighted by Crippen LogP contribution is -2.33. The van der Waals surface area contributed by atoms with Crippen LogP contribution in [0.2, 0.25) is 0 Å². The normalized spacial score (nSPS) is 21.1. The molecule has 5 heteroatoms. The molecule has 4 heterocycles. The van der Waals surface area contributed by atoms with Gasteiger partial charge in [0, 0.05) is 56.2 Å². The summed E-state index contributed by atoms with van der Waals surface area (Å²) in [7, 11) is 2.21. The lowest BCUT2D eigenvalue weighted by molar-refractivity contribution is 0.293. The first-order valence-corrected chi connectivity index (χ1v) is 9.63. The van der Waals surface area contributed by atoms with Crippen LogP contribution in [0.25, 0.3) is 5.65 Å². The van der Waals surface area contributed by atoms with Crippen molar-refractivity contribution in [3.63, 3.8) is 0 Å². The highest BCUT2D eigenvalue weighted by atomic mass is 15.1. The molecule has 2 aliphatic rings. The minimum Gasteiger partial charge on any atom is -0.372 e. The zero-order chi connectivity index (χ0) is 17.5. The minimum absolute atomic E-state index is 0.306. The Bertz CT molecular complexity index is 925. The Hall–Kier alpha value is -2.40. The maximum Gasteiger partial charge on any atom is 0.139 e. The highest BCUT2D eigenvalue weighted by molar-refractivity contribution is 5.54. The van der Waals surface area contributed by atoms with E-state index in [9.17, 15) is 0 Å². The highest BCUT2D eigenvalue weighted by Gasteiger charge is 2.27. The van der Waals surface area contributed by atoms with Gasteiger partial charge in [-0.1, -0.05) is 6.07 Å². The van der Waals surface area contributed by atoms with Crippen LogP contribution in [0.1, 0.15) is 42.0 Å². The summed E-state index contributed by atoms with van der Waals surface area (Å²) >= 11 is 0. The smallest absolute Gasteiger partial charge is 0.139 e. The Balaban J connectivity index is 1.52. The number of likely N-dealkylation sites (N-methyl/N-ethyl adjacent to an activating group) is 1. The number of imidazole rings is 1. The lowest BCUT2D eigenvalue weighted by Gasteiger charge is -2.34. The molecule has 1 aromatic carbocycles.